The molecule has 26 heavy (non-hydrogen) atoms. The van der Waals surface area contributed by atoms with Crippen molar-refractivity contribution < 1.29 is 0 Å². The van der Waals surface area contributed by atoms with Gasteiger partial charge in [0.1, 0.15) is 0 Å². The molecule has 0 bridgehead atoms. The Hall–Kier alpha value is -3.86. The van der Waals surface area contributed by atoms with E-state index < -0.39 is 0 Å². The van der Waals surface area contributed by atoms with Crippen LogP contribution < -0.4 is 0 Å². The van der Waals surface area contributed by atoms with Crippen LogP contribution in [0.4, 0.5) is 0 Å². The van der Waals surface area contributed by atoms with E-state index in [2.05, 4.69) is 24.3 Å². The number of nitriles is 4. The Morgan fingerprint density at radius 1 is 0.500 bits per heavy atom. The topological polar surface area (TPSA) is 95.2 Å². The van der Waals surface area contributed by atoms with E-state index in [1.54, 1.807) is 0 Å². The van der Waals surface area contributed by atoms with Gasteiger partial charge in [-0.2, -0.15) is 21.0 Å². The summed E-state index contributed by atoms with van der Waals surface area (Å²) in [6, 6.07) is 20.4. The highest BCUT2D eigenvalue weighted by atomic mass is 14.3. The van der Waals surface area contributed by atoms with Crippen molar-refractivity contribution in [3.05, 3.63) is 58.7 Å². The standard InChI is InChI=1S/C22H14N4/c23-9-5-15-1-3-17-18-4-2-16(6-10-24)14-22(18)20(8-12-26)19(7-11-25)21(17)13-15/h1-4,13-14H,5-8H2. The number of nitrogens with zero attached hydrogens (tertiary/aromatic N) is 4. The van der Waals surface area contributed by atoms with Crippen LogP contribution in [0.2, 0.25) is 0 Å². The van der Waals surface area contributed by atoms with Crippen molar-refractivity contribution in [1.82, 2.24) is 0 Å². The average Bonchev–Trinajstić information content (AvgIpc) is 2.65. The average molecular weight is 334 g/mol. The van der Waals surface area contributed by atoms with Gasteiger partial charge in [-0.15, -0.1) is 0 Å². The Labute approximate surface area is 151 Å². The molecule has 3 aromatic carbocycles. The second-order valence-corrected chi connectivity index (χ2v) is 6.06. The molecule has 0 spiro atoms. The van der Waals surface area contributed by atoms with E-state index in [1.165, 1.54) is 0 Å². The lowest BCUT2D eigenvalue weighted by Crippen LogP contribution is -1.99. The van der Waals surface area contributed by atoms with Gasteiger partial charge >= 0.3 is 0 Å². The summed E-state index contributed by atoms with van der Waals surface area (Å²) in [5, 5.41) is 40.5. The van der Waals surface area contributed by atoms with E-state index >= 15 is 0 Å². The van der Waals surface area contributed by atoms with Gasteiger partial charge in [0.15, 0.2) is 0 Å². The van der Waals surface area contributed by atoms with Gasteiger partial charge in [-0.05, 0) is 55.9 Å². The smallest absolute Gasteiger partial charge is 0.0670 e. The van der Waals surface area contributed by atoms with Crippen LogP contribution in [0.3, 0.4) is 0 Å². The van der Waals surface area contributed by atoms with Crippen molar-refractivity contribution in [3.63, 3.8) is 0 Å². The summed E-state index contributed by atoms with van der Waals surface area (Å²) in [4.78, 5) is 0. The molecule has 0 aliphatic rings. The predicted octanol–water partition coefficient (Wildman–Crippen LogP) is 4.26. The molecule has 4 nitrogen and oxygen atoms in total. The largest absolute Gasteiger partial charge is 0.198 e. The SMILES string of the molecule is N#CCc1ccc2c(c1)c(CC#N)c(CC#N)c1cc(CC#N)ccc12. The van der Waals surface area contributed by atoms with Gasteiger partial charge in [0.25, 0.3) is 0 Å². The van der Waals surface area contributed by atoms with Gasteiger partial charge in [-0.3, -0.25) is 0 Å². The van der Waals surface area contributed by atoms with Crippen LogP contribution in [-0.2, 0) is 25.7 Å². The van der Waals surface area contributed by atoms with Crippen LogP contribution in [0.25, 0.3) is 21.5 Å². The zero-order chi connectivity index (χ0) is 18.5. The maximum atomic E-state index is 9.33. The maximum absolute atomic E-state index is 9.33. The van der Waals surface area contributed by atoms with E-state index in [1.807, 2.05) is 36.4 Å². The van der Waals surface area contributed by atoms with Gasteiger partial charge in [0.2, 0.25) is 0 Å². The van der Waals surface area contributed by atoms with E-state index in [0.717, 1.165) is 43.8 Å². The number of rotatable bonds is 4. The fourth-order valence-electron chi connectivity index (χ4n) is 3.44. The van der Waals surface area contributed by atoms with Crippen LogP contribution in [0.15, 0.2) is 36.4 Å². The van der Waals surface area contributed by atoms with E-state index in [9.17, 15) is 10.5 Å². The Morgan fingerprint density at radius 3 is 1.23 bits per heavy atom. The van der Waals surface area contributed by atoms with Crippen LogP contribution in [0.5, 0.6) is 0 Å². The van der Waals surface area contributed by atoms with E-state index in [0.29, 0.717) is 12.8 Å². The molecular weight excluding hydrogens is 320 g/mol. The molecule has 122 valence electrons. The minimum Gasteiger partial charge on any atom is -0.198 e. The second-order valence-electron chi connectivity index (χ2n) is 6.06. The van der Waals surface area contributed by atoms with Gasteiger partial charge in [-0.25, -0.2) is 0 Å². The molecule has 0 N–H and O–H groups in total. The van der Waals surface area contributed by atoms with Crippen LogP contribution in [0.1, 0.15) is 22.3 Å². The Bertz CT molecular complexity index is 1080. The number of fused-ring (bicyclic) bond motifs is 3. The van der Waals surface area contributed by atoms with Gasteiger partial charge in [0.05, 0.1) is 50.0 Å². The molecule has 0 amide bonds. The van der Waals surface area contributed by atoms with Crippen molar-refractivity contribution in [2.45, 2.75) is 25.7 Å². The summed E-state index contributed by atoms with van der Waals surface area (Å²) in [7, 11) is 0. The van der Waals surface area contributed by atoms with Gasteiger partial charge in [-0.1, -0.05) is 24.3 Å². The number of benzene rings is 3. The lowest BCUT2D eigenvalue weighted by atomic mass is 9.87. The molecular formula is C22H14N4. The summed E-state index contributed by atoms with van der Waals surface area (Å²) in [5.74, 6) is 0. The van der Waals surface area contributed by atoms with E-state index in [4.69, 9.17) is 10.5 Å². The molecule has 3 rings (SSSR count). The second kappa shape index (κ2) is 7.36. The first-order valence-corrected chi connectivity index (χ1v) is 8.20. The summed E-state index contributed by atoms with van der Waals surface area (Å²) >= 11 is 0. The normalized spacial score (nSPS) is 10.0. The quantitative estimate of drug-likeness (QED) is 0.666. The van der Waals surface area contributed by atoms with Crippen molar-refractivity contribution in [3.8, 4) is 24.3 Å². The summed E-state index contributed by atoms with van der Waals surface area (Å²) < 4.78 is 0. The molecule has 0 atom stereocenters. The molecule has 0 aliphatic carbocycles. The zero-order valence-electron chi connectivity index (χ0n) is 14.1. The first kappa shape index (κ1) is 17.0. The Morgan fingerprint density at radius 2 is 0.885 bits per heavy atom. The summed E-state index contributed by atoms with van der Waals surface area (Å²) in [6.07, 6.45) is 0.993. The lowest BCUT2D eigenvalue weighted by molar-refractivity contribution is 1.18. The predicted molar refractivity (Wildman–Crippen MR) is 98.7 cm³/mol. The highest BCUT2D eigenvalue weighted by Crippen LogP contribution is 2.35. The third-order valence-electron chi connectivity index (χ3n) is 4.55. The molecule has 0 aliphatic heterocycles. The molecule has 0 saturated carbocycles. The summed E-state index contributed by atoms with van der Waals surface area (Å²) in [5.41, 5.74) is 3.46. The molecule has 0 radical (unpaired) electrons. The molecule has 0 heterocycles. The first-order chi connectivity index (χ1) is 12.7. The number of hydrogen-bond acceptors (Lipinski definition) is 4. The fraction of sp³-hybridized carbons (Fsp3) is 0.182. The Kier molecular flexibility index (Phi) is 4.80. The lowest BCUT2D eigenvalue weighted by Gasteiger charge is -2.16. The molecule has 0 aromatic heterocycles. The minimum absolute atomic E-state index is 0.196. The molecule has 4 heteroatoms. The van der Waals surface area contributed by atoms with Gasteiger partial charge < -0.3 is 0 Å². The number of hydrogen-bond donors (Lipinski definition) is 0. The third kappa shape index (κ3) is 2.93. The molecule has 0 fully saturated rings. The maximum Gasteiger partial charge on any atom is 0.0670 e. The molecule has 0 unspecified atom stereocenters. The molecule has 3 aromatic rings. The van der Waals surface area contributed by atoms with Crippen LogP contribution in [0, 0.1) is 45.3 Å². The van der Waals surface area contributed by atoms with Crippen molar-refractivity contribution in [2.75, 3.05) is 0 Å². The zero-order valence-corrected chi connectivity index (χ0v) is 14.1. The van der Waals surface area contributed by atoms with Crippen molar-refractivity contribution in [2.24, 2.45) is 0 Å². The van der Waals surface area contributed by atoms with Crippen LogP contribution in [-0.4, -0.2) is 0 Å². The Balaban J connectivity index is 2.47. The van der Waals surface area contributed by atoms with Crippen molar-refractivity contribution >= 4 is 21.5 Å². The minimum atomic E-state index is 0.196. The third-order valence-corrected chi connectivity index (χ3v) is 4.55. The highest BCUT2D eigenvalue weighted by molar-refractivity contribution is 6.11. The summed E-state index contributed by atoms with van der Waals surface area (Å²) in [6.45, 7) is 0. The van der Waals surface area contributed by atoms with Crippen LogP contribution >= 0.6 is 0 Å². The first-order valence-electron chi connectivity index (χ1n) is 8.20. The van der Waals surface area contributed by atoms with Gasteiger partial charge in [0, 0.05) is 0 Å². The van der Waals surface area contributed by atoms with E-state index in [-0.39, 0.29) is 12.8 Å². The monoisotopic (exact) mass is 334 g/mol. The molecule has 0 saturated heterocycles. The fourth-order valence-corrected chi connectivity index (χ4v) is 3.44. The highest BCUT2D eigenvalue weighted by Gasteiger charge is 2.15. The van der Waals surface area contributed by atoms with Crippen molar-refractivity contribution in [1.29, 1.82) is 21.0 Å².